The maximum atomic E-state index is 9.24. The van der Waals surface area contributed by atoms with Crippen molar-refractivity contribution >= 4 is 64.0 Å². The number of thiophene rings is 1. The fourth-order valence-electron chi connectivity index (χ4n) is 5.65. The Morgan fingerprint density at radius 1 is 0.773 bits per heavy atom. The molecule has 219 valence electrons. The van der Waals surface area contributed by atoms with Gasteiger partial charge in [-0.2, -0.15) is 0 Å². The van der Waals surface area contributed by atoms with Crippen molar-refractivity contribution < 1.29 is 27.0 Å². The number of hydrogen-bond donors (Lipinski definition) is 0. The minimum absolute atomic E-state index is 0. The quantitative estimate of drug-likeness (QED) is 0.129. The number of rotatable bonds is 2. The van der Waals surface area contributed by atoms with Crippen LogP contribution in [0.25, 0.3) is 63.9 Å². The van der Waals surface area contributed by atoms with E-state index in [-0.39, 0.29) is 31.2 Å². The van der Waals surface area contributed by atoms with Crippen molar-refractivity contribution in [1.82, 2.24) is 9.97 Å². The molecule has 3 heterocycles. The summed E-state index contributed by atoms with van der Waals surface area (Å²) in [6.07, 6.45) is 1.19. The maximum absolute atomic E-state index is 9.24. The largest absolute Gasteiger partial charge is 0.305 e. The molecule has 0 saturated heterocycles. The first-order valence-electron chi connectivity index (χ1n) is 16.8. The molecule has 1 radical (unpaired) electrons. The Morgan fingerprint density at radius 2 is 1.55 bits per heavy atom. The van der Waals surface area contributed by atoms with Gasteiger partial charge in [0.1, 0.15) is 0 Å². The average molecular weight is 770 g/mol. The van der Waals surface area contributed by atoms with Crippen molar-refractivity contribution in [2.45, 2.75) is 34.0 Å². The van der Waals surface area contributed by atoms with E-state index in [2.05, 4.69) is 46.4 Å². The number of hydrogen-bond acceptors (Lipinski definition) is 3. The molecule has 0 aliphatic rings. The molecule has 3 aromatic heterocycles. The third-order valence-corrected chi connectivity index (χ3v) is 8.61. The third-order valence-electron chi connectivity index (χ3n) is 7.41. The Kier molecular flexibility index (Phi) is 6.76. The Bertz CT molecular complexity index is 2410. The van der Waals surface area contributed by atoms with E-state index in [1.165, 1.54) is 16.3 Å². The first kappa shape index (κ1) is 24.4. The van der Waals surface area contributed by atoms with E-state index in [0.29, 0.717) is 10.9 Å². The first-order valence-corrected chi connectivity index (χ1v) is 15.1. The van der Waals surface area contributed by atoms with Crippen molar-refractivity contribution in [3.05, 3.63) is 133 Å². The monoisotopic (exact) mass is 770 g/mol. The molecule has 0 aliphatic carbocycles. The number of aromatic nitrogens is 2. The Balaban J connectivity index is 0.000000270. The van der Waals surface area contributed by atoms with Crippen LogP contribution >= 0.6 is 11.3 Å². The van der Waals surface area contributed by atoms with Crippen LogP contribution in [-0.4, -0.2) is 9.97 Å². The predicted molar refractivity (Wildman–Crippen MR) is 185 cm³/mol. The number of aryl methyl sites for hydroxylation is 1. The van der Waals surface area contributed by atoms with Crippen molar-refractivity contribution in [3.63, 3.8) is 0 Å². The molecular formula is C40H32IrN2S-2. The zero-order chi connectivity index (χ0) is 33.8. The van der Waals surface area contributed by atoms with Crippen LogP contribution in [0.5, 0.6) is 0 Å². The van der Waals surface area contributed by atoms with Crippen LogP contribution in [0.15, 0.2) is 109 Å². The van der Waals surface area contributed by atoms with Crippen LogP contribution in [-0.2, 0) is 26.5 Å². The van der Waals surface area contributed by atoms with Gasteiger partial charge in [0.05, 0.1) is 0 Å². The summed E-state index contributed by atoms with van der Waals surface area (Å²) in [5, 5.41) is 6.43. The molecule has 2 nitrogen and oxygen atoms in total. The summed E-state index contributed by atoms with van der Waals surface area (Å²) in [6.45, 7) is 2.91. The molecule has 44 heavy (non-hydrogen) atoms. The second-order valence-corrected chi connectivity index (χ2v) is 12.6. The molecule has 5 aromatic carbocycles. The Labute approximate surface area is 283 Å². The van der Waals surface area contributed by atoms with Crippen LogP contribution in [0.1, 0.15) is 38.8 Å². The van der Waals surface area contributed by atoms with Gasteiger partial charge in [0.15, 0.2) is 0 Å². The topological polar surface area (TPSA) is 25.8 Å². The van der Waals surface area contributed by atoms with Gasteiger partial charge in [0, 0.05) is 59.5 Å². The molecule has 8 aromatic rings. The molecule has 0 atom stereocenters. The standard InChI is InChI=1S/C29H24NS.C11H8N.Ir/c1-17-16-30-27-20-11-6-5-10-19(20)26-22(25(27)23(17)15-29(2,3)4)14-13-21-18-9-7-8-12-24(18)31-28(21)26;1-2-6-10(7-3-1)11-8-4-5-9-12-11;/h5-10,12-14,16H,15H2,1-4H3;1-6,8-9H;/q2*-1;/i1D3,15D2;;. The van der Waals surface area contributed by atoms with Gasteiger partial charge in [-0.15, -0.1) is 76.9 Å². The number of fused-ring (bicyclic) bond motifs is 10. The molecule has 0 aliphatic heterocycles. The van der Waals surface area contributed by atoms with E-state index >= 15 is 0 Å². The van der Waals surface area contributed by atoms with E-state index in [9.17, 15) is 2.74 Å². The van der Waals surface area contributed by atoms with Crippen molar-refractivity contribution in [2.75, 3.05) is 0 Å². The van der Waals surface area contributed by atoms with Crippen LogP contribution in [0.3, 0.4) is 0 Å². The zero-order valence-corrected chi connectivity index (χ0v) is 27.7. The maximum Gasteiger partial charge on any atom is 0.0355 e. The van der Waals surface area contributed by atoms with Crippen molar-refractivity contribution in [2.24, 2.45) is 5.41 Å². The molecule has 0 amide bonds. The molecule has 0 spiro atoms. The molecule has 0 fully saturated rings. The van der Waals surface area contributed by atoms with Crippen LogP contribution in [0.4, 0.5) is 0 Å². The van der Waals surface area contributed by atoms with Crippen molar-refractivity contribution in [1.29, 1.82) is 0 Å². The van der Waals surface area contributed by atoms with Gasteiger partial charge in [0.25, 0.3) is 0 Å². The SMILES string of the molecule is [2H]C([2H])([2H])c1cnc2c3[c-]cccc3c3c(ccc4c5ccccc5sc43)c2c1C([2H])([2H])C(C)(C)C.[Ir].[c-]1ccccc1-c1ccccn1. The second-order valence-electron chi connectivity index (χ2n) is 11.6. The van der Waals surface area contributed by atoms with E-state index in [1.54, 1.807) is 17.5 Å². The zero-order valence-electron chi connectivity index (χ0n) is 29.5. The van der Waals surface area contributed by atoms with Gasteiger partial charge in [-0.1, -0.05) is 68.6 Å². The smallest absolute Gasteiger partial charge is 0.0355 e. The number of pyridine rings is 2. The Morgan fingerprint density at radius 3 is 2.32 bits per heavy atom. The van der Waals surface area contributed by atoms with Crippen LogP contribution < -0.4 is 0 Å². The van der Waals surface area contributed by atoms with Gasteiger partial charge in [-0.05, 0) is 69.3 Å². The van der Waals surface area contributed by atoms with E-state index < -0.39 is 18.6 Å². The summed E-state index contributed by atoms with van der Waals surface area (Å²) in [7, 11) is 0. The van der Waals surface area contributed by atoms with E-state index in [0.717, 1.165) is 42.9 Å². The molecule has 0 bridgehead atoms. The third kappa shape index (κ3) is 5.55. The summed E-state index contributed by atoms with van der Waals surface area (Å²) >= 11 is 1.70. The summed E-state index contributed by atoms with van der Waals surface area (Å²) in [6, 6.07) is 38.4. The van der Waals surface area contributed by atoms with Crippen molar-refractivity contribution in [3.8, 4) is 11.3 Å². The average Bonchev–Trinajstić information content (AvgIpc) is 3.47. The van der Waals surface area contributed by atoms with Gasteiger partial charge >= 0.3 is 0 Å². The number of nitrogens with zero attached hydrogens (tertiary/aromatic N) is 2. The summed E-state index contributed by atoms with van der Waals surface area (Å²) in [5.74, 6) is 0. The second kappa shape index (κ2) is 12.2. The van der Waals surface area contributed by atoms with Crippen LogP contribution in [0, 0.1) is 24.4 Å². The summed E-state index contributed by atoms with van der Waals surface area (Å²) in [5.41, 5.74) is 1.89. The molecule has 0 N–H and O–H groups in total. The molecule has 0 saturated carbocycles. The molecule has 4 heteroatoms. The minimum atomic E-state index is -2.52. The number of benzene rings is 5. The molecular weight excluding hydrogens is 733 g/mol. The normalized spacial score (nSPS) is 13.8. The van der Waals surface area contributed by atoms with Gasteiger partial charge < -0.3 is 9.97 Å². The minimum Gasteiger partial charge on any atom is -0.305 e. The van der Waals surface area contributed by atoms with Gasteiger partial charge in [-0.25, -0.2) is 0 Å². The first-order chi connectivity index (χ1) is 22.9. The van der Waals surface area contributed by atoms with Gasteiger partial charge in [0.2, 0.25) is 0 Å². The summed E-state index contributed by atoms with van der Waals surface area (Å²) in [4.78, 5) is 8.87. The summed E-state index contributed by atoms with van der Waals surface area (Å²) < 4.78 is 45.6. The Hall–Kier alpha value is -3.95. The molecule has 8 rings (SSSR count). The fraction of sp³-hybridized carbons (Fsp3) is 0.150. The van der Waals surface area contributed by atoms with Gasteiger partial charge in [-0.3, -0.25) is 0 Å². The van der Waals surface area contributed by atoms with Crippen LogP contribution in [0.2, 0.25) is 0 Å². The fourth-order valence-corrected chi connectivity index (χ4v) is 6.91. The molecule has 0 unspecified atom stereocenters. The predicted octanol–water partition coefficient (Wildman–Crippen LogP) is 11.2. The van der Waals surface area contributed by atoms with E-state index in [1.807, 2.05) is 93.6 Å². The van der Waals surface area contributed by atoms with E-state index in [4.69, 9.17) is 4.11 Å².